The first-order chi connectivity index (χ1) is 11.4. The van der Waals surface area contributed by atoms with Gasteiger partial charge in [-0.1, -0.05) is 29.3 Å². The van der Waals surface area contributed by atoms with E-state index in [9.17, 15) is 9.59 Å². The van der Waals surface area contributed by atoms with Crippen LogP contribution in [0.1, 0.15) is 50.0 Å². The van der Waals surface area contributed by atoms with Gasteiger partial charge in [0.2, 0.25) is 0 Å². The van der Waals surface area contributed by atoms with Gasteiger partial charge < -0.3 is 9.47 Å². The Morgan fingerprint density at radius 1 is 1.04 bits per heavy atom. The number of Topliss-reactive ketones (excluding diaryl/α,β-unsaturated/α-hetero) is 1. The quantitative estimate of drug-likeness (QED) is 0.553. The number of halogens is 2. The van der Waals surface area contributed by atoms with Gasteiger partial charge in [0.1, 0.15) is 5.92 Å². The second kappa shape index (κ2) is 5.72. The van der Waals surface area contributed by atoms with Crippen LogP contribution in [-0.4, -0.2) is 29.6 Å². The Hall–Kier alpha value is -1.10. The third-order valence-electron chi connectivity index (χ3n) is 5.67. The molecule has 0 bridgehead atoms. The van der Waals surface area contributed by atoms with E-state index in [2.05, 4.69) is 0 Å². The molecular formula is C18H18Cl2O4. The molecule has 1 aromatic rings. The normalized spacial score (nSPS) is 35.8. The molecule has 1 aliphatic carbocycles. The molecule has 2 heterocycles. The molecule has 2 aliphatic heterocycles. The van der Waals surface area contributed by atoms with Crippen molar-refractivity contribution in [2.24, 2.45) is 0 Å². The molecular weight excluding hydrogens is 351 g/mol. The number of rotatable bonds is 1. The third kappa shape index (κ3) is 2.47. The maximum Gasteiger partial charge on any atom is 0.322 e. The Morgan fingerprint density at radius 3 is 2.42 bits per heavy atom. The highest BCUT2D eigenvalue weighted by Gasteiger charge is 2.59. The van der Waals surface area contributed by atoms with Gasteiger partial charge in [0.05, 0.1) is 5.60 Å². The van der Waals surface area contributed by atoms with Crippen molar-refractivity contribution in [3.8, 4) is 0 Å². The number of ether oxygens (including phenoxy) is 2. The Morgan fingerprint density at radius 2 is 1.79 bits per heavy atom. The van der Waals surface area contributed by atoms with Gasteiger partial charge in [-0.05, 0) is 56.2 Å². The molecule has 1 aromatic carbocycles. The zero-order chi connectivity index (χ0) is 16.9. The van der Waals surface area contributed by atoms with Crippen LogP contribution in [0.4, 0.5) is 0 Å². The van der Waals surface area contributed by atoms with E-state index in [1.165, 1.54) is 0 Å². The second-order valence-electron chi connectivity index (χ2n) is 7.01. The molecule has 6 heteroatoms. The third-order valence-corrected chi connectivity index (χ3v) is 6.23. The molecule has 0 amide bonds. The topological polar surface area (TPSA) is 52.6 Å². The van der Waals surface area contributed by atoms with E-state index in [4.69, 9.17) is 32.7 Å². The molecule has 1 atom stereocenters. The smallest absolute Gasteiger partial charge is 0.322 e. The lowest BCUT2D eigenvalue weighted by Crippen LogP contribution is -2.46. The predicted octanol–water partition coefficient (Wildman–Crippen LogP) is 4.06. The van der Waals surface area contributed by atoms with E-state index in [-0.39, 0.29) is 11.4 Å². The number of hydrogen-bond donors (Lipinski definition) is 0. The van der Waals surface area contributed by atoms with Crippen molar-refractivity contribution < 1.29 is 19.1 Å². The molecule has 0 aromatic heterocycles. The Bertz CT molecular complexity index is 699. The summed E-state index contributed by atoms with van der Waals surface area (Å²) in [5.74, 6) is -1.63. The number of carbonyl (C=O) groups is 2. The van der Waals surface area contributed by atoms with Crippen molar-refractivity contribution in [1.82, 2.24) is 0 Å². The van der Waals surface area contributed by atoms with Crippen LogP contribution in [0, 0.1) is 0 Å². The van der Waals surface area contributed by atoms with Gasteiger partial charge in [0, 0.05) is 16.7 Å². The molecule has 1 saturated carbocycles. The highest BCUT2D eigenvalue weighted by Crippen LogP contribution is 2.50. The number of hydrogen-bond acceptors (Lipinski definition) is 4. The van der Waals surface area contributed by atoms with Crippen LogP contribution in [0.15, 0.2) is 18.2 Å². The summed E-state index contributed by atoms with van der Waals surface area (Å²) in [5, 5.41) is 0.788. The lowest BCUT2D eigenvalue weighted by molar-refractivity contribution is -0.161. The fourth-order valence-electron chi connectivity index (χ4n) is 4.28. The largest absolute Gasteiger partial charge is 0.450 e. The van der Waals surface area contributed by atoms with Crippen LogP contribution < -0.4 is 0 Å². The summed E-state index contributed by atoms with van der Waals surface area (Å²) in [6, 6.07) is 4.82. The average molecular weight is 369 g/mol. The van der Waals surface area contributed by atoms with Crippen molar-refractivity contribution in [3.05, 3.63) is 33.8 Å². The van der Waals surface area contributed by atoms with Gasteiger partial charge in [0.25, 0.3) is 0 Å². The second-order valence-corrected chi connectivity index (χ2v) is 7.86. The Labute approximate surface area is 150 Å². The van der Waals surface area contributed by atoms with Crippen molar-refractivity contribution in [2.45, 2.75) is 55.6 Å². The summed E-state index contributed by atoms with van der Waals surface area (Å²) >= 11 is 12.1. The highest BCUT2D eigenvalue weighted by atomic mass is 35.5. The highest BCUT2D eigenvalue weighted by molar-refractivity contribution is 6.35. The van der Waals surface area contributed by atoms with Gasteiger partial charge in [-0.2, -0.15) is 0 Å². The van der Waals surface area contributed by atoms with Crippen LogP contribution in [0.3, 0.4) is 0 Å². The van der Waals surface area contributed by atoms with Crippen LogP contribution in [0.25, 0.3) is 0 Å². The molecule has 128 valence electrons. The van der Waals surface area contributed by atoms with Crippen molar-refractivity contribution in [1.29, 1.82) is 0 Å². The van der Waals surface area contributed by atoms with Gasteiger partial charge in [-0.3, -0.25) is 9.59 Å². The van der Waals surface area contributed by atoms with Gasteiger partial charge >= 0.3 is 5.97 Å². The van der Waals surface area contributed by atoms with Gasteiger partial charge in [-0.15, -0.1) is 0 Å². The Kier molecular flexibility index (Phi) is 3.90. The maximum absolute atomic E-state index is 13.1. The number of carbonyl (C=O) groups excluding carboxylic acids is 2. The van der Waals surface area contributed by atoms with Crippen molar-refractivity contribution in [3.63, 3.8) is 0 Å². The predicted molar refractivity (Wildman–Crippen MR) is 89.4 cm³/mol. The van der Waals surface area contributed by atoms with E-state index >= 15 is 0 Å². The molecule has 3 fully saturated rings. The molecule has 3 aliphatic rings. The van der Waals surface area contributed by atoms with Crippen LogP contribution in [0.2, 0.25) is 10.0 Å². The minimum atomic E-state index is -1.01. The van der Waals surface area contributed by atoms with E-state index in [1.54, 1.807) is 18.2 Å². The lowest BCUT2D eigenvalue weighted by atomic mass is 9.71. The maximum atomic E-state index is 13.1. The van der Waals surface area contributed by atoms with E-state index in [1.807, 2.05) is 0 Å². The first-order valence-electron chi connectivity index (χ1n) is 8.31. The van der Waals surface area contributed by atoms with Crippen molar-refractivity contribution in [2.75, 3.05) is 6.61 Å². The average Bonchev–Trinajstić information content (AvgIpc) is 3.09. The Balaban J connectivity index is 1.60. The summed E-state index contributed by atoms with van der Waals surface area (Å²) < 4.78 is 11.5. The van der Waals surface area contributed by atoms with E-state index in [0.29, 0.717) is 28.5 Å². The molecule has 4 nitrogen and oxygen atoms in total. The number of benzene rings is 1. The van der Waals surface area contributed by atoms with Gasteiger partial charge in [0.15, 0.2) is 11.4 Å². The van der Waals surface area contributed by atoms with Crippen molar-refractivity contribution >= 4 is 35.0 Å². The van der Waals surface area contributed by atoms with E-state index in [0.717, 1.165) is 32.3 Å². The number of ketones is 1. The van der Waals surface area contributed by atoms with Crippen LogP contribution in [-0.2, 0) is 19.1 Å². The molecule has 4 rings (SSSR count). The minimum Gasteiger partial charge on any atom is -0.450 e. The zero-order valence-corrected chi connectivity index (χ0v) is 14.7. The SMILES string of the molecule is O=C1OC2(CCC3(CCCO3)CC2)C(=O)C1c1ccc(Cl)cc1Cl. The monoisotopic (exact) mass is 368 g/mol. The fraction of sp³-hybridized carbons (Fsp3) is 0.556. The van der Waals surface area contributed by atoms with Gasteiger partial charge in [-0.25, -0.2) is 0 Å². The molecule has 0 radical (unpaired) electrons. The molecule has 24 heavy (non-hydrogen) atoms. The summed E-state index contributed by atoms with van der Waals surface area (Å²) in [4.78, 5) is 25.5. The first kappa shape index (κ1) is 16.4. The molecule has 2 saturated heterocycles. The number of esters is 1. The molecule has 0 N–H and O–H groups in total. The summed E-state index contributed by atoms with van der Waals surface area (Å²) in [6.07, 6.45) is 4.65. The first-order valence-corrected chi connectivity index (χ1v) is 9.07. The molecule has 2 spiro atoms. The molecule has 1 unspecified atom stereocenters. The van der Waals surface area contributed by atoms with Crippen LogP contribution >= 0.6 is 23.2 Å². The summed E-state index contributed by atoms with van der Waals surface area (Å²) in [6.45, 7) is 0.781. The lowest BCUT2D eigenvalue weighted by Gasteiger charge is -2.40. The van der Waals surface area contributed by atoms with E-state index < -0.39 is 17.5 Å². The summed E-state index contributed by atoms with van der Waals surface area (Å²) in [7, 11) is 0. The standard InChI is InChI=1S/C18H18Cl2O4/c19-11-2-3-12(13(20)10-11)14-15(21)18(24-16(14)22)7-5-17(6-8-18)4-1-9-23-17/h2-3,10,14H,1,4-9H2. The minimum absolute atomic E-state index is 0.117. The summed E-state index contributed by atoms with van der Waals surface area (Å²) in [5.41, 5.74) is -0.652. The fourth-order valence-corrected chi connectivity index (χ4v) is 4.80. The zero-order valence-electron chi connectivity index (χ0n) is 13.1. The van der Waals surface area contributed by atoms with Crippen LogP contribution in [0.5, 0.6) is 0 Å².